The second-order valence-corrected chi connectivity index (χ2v) is 6.03. The van der Waals surface area contributed by atoms with Crippen LogP contribution in [0.25, 0.3) is 21.7 Å². The van der Waals surface area contributed by atoms with Gasteiger partial charge in [0.1, 0.15) is 0 Å². The summed E-state index contributed by atoms with van der Waals surface area (Å²) in [4.78, 5) is 12.4. The summed E-state index contributed by atoms with van der Waals surface area (Å²) in [5, 5.41) is 16.0. The van der Waals surface area contributed by atoms with Gasteiger partial charge in [-0.2, -0.15) is 5.10 Å². The average molecular weight is 330 g/mol. The number of aromatic nitrogens is 2. The monoisotopic (exact) mass is 330 g/mol. The normalized spacial score (nSPS) is 12.2. The number of rotatable bonds is 3. The number of nitrogens with zero attached hydrogens (tertiary/aromatic N) is 1. The zero-order valence-electron chi connectivity index (χ0n) is 13.8. The molecule has 1 heterocycles. The molecule has 25 heavy (non-hydrogen) atoms. The molecule has 0 saturated heterocycles. The minimum Gasteiger partial charge on any atom is -0.331 e. The van der Waals surface area contributed by atoms with Gasteiger partial charge in [0, 0.05) is 5.39 Å². The standard InChI is InChI=1S/C20H18N4O/c1-13(15-9-4-7-14-6-2-3-8-16(14)15)22-20(25)23-18-10-5-11-19-17(18)12-21-24-19/h2-13H,1H3,(H,21,24)(H2,22,23,25)/t13-/m0/s1. The van der Waals surface area contributed by atoms with Gasteiger partial charge in [-0.25, -0.2) is 4.79 Å². The number of nitrogens with one attached hydrogen (secondary N) is 3. The van der Waals surface area contributed by atoms with E-state index in [2.05, 4.69) is 39.0 Å². The average Bonchev–Trinajstić information content (AvgIpc) is 3.11. The first kappa shape index (κ1) is 15.2. The van der Waals surface area contributed by atoms with Gasteiger partial charge >= 0.3 is 6.03 Å². The summed E-state index contributed by atoms with van der Waals surface area (Å²) in [6.07, 6.45) is 1.71. The summed E-state index contributed by atoms with van der Waals surface area (Å²) in [5.74, 6) is 0. The Labute approximate surface area is 145 Å². The Kier molecular flexibility index (Phi) is 3.82. The number of amides is 2. The molecule has 0 aliphatic heterocycles. The Hall–Kier alpha value is -3.34. The van der Waals surface area contributed by atoms with E-state index in [0.717, 1.165) is 32.9 Å². The van der Waals surface area contributed by atoms with E-state index in [1.165, 1.54) is 0 Å². The Morgan fingerprint density at radius 1 is 1.00 bits per heavy atom. The number of carbonyl (C=O) groups is 1. The van der Waals surface area contributed by atoms with E-state index in [1.54, 1.807) is 6.20 Å². The van der Waals surface area contributed by atoms with E-state index < -0.39 is 0 Å². The van der Waals surface area contributed by atoms with Crippen molar-refractivity contribution < 1.29 is 4.79 Å². The van der Waals surface area contributed by atoms with Crippen LogP contribution in [0.15, 0.2) is 66.9 Å². The molecule has 0 radical (unpaired) electrons. The number of carbonyl (C=O) groups excluding carboxylic acids is 1. The first-order valence-corrected chi connectivity index (χ1v) is 8.19. The summed E-state index contributed by atoms with van der Waals surface area (Å²) in [6.45, 7) is 1.99. The molecule has 4 rings (SSSR count). The lowest BCUT2D eigenvalue weighted by Gasteiger charge is -2.17. The fraction of sp³-hybridized carbons (Fsp3) is 0.100. The number of hydrogen-bond acceptors (Lipinski definition) is 2. The molecule has 124 valence electrons. The number of anilines is 1. The van der Waals surface area contributed by atoms with E-state index in [-0.39, 0.29) is 12.1 Å². The van der Waals surface area contributed by atoms with Crippen LogP contribution in [0, 0.1) is 0 Å². The van der Waals surface area contributed by atoms with Crippen molar-refractivity contribution in [1.82, 2.24) is 15.5 Å². The summed E-state index contributed by atoms with van der Waals surface area (Å²) in [7, 11) is 0. The number of urea groups is 1. The molecule has 5 heteroatoms. The maximum Gasteiger partial charge on any atom is 0.319 e. The van der Waals surface area contributed by atoms with Crippen LogP contribution in [-0.2, 0) is 0 Å². The van der Waals surface area contributed by atoms with Crippen LogP contribution in [0.3, 0.4) is 0 Å². The van der Waals surface area contributed by atoms with E-state index >= 15 is 0 Å². The fourth-order valence-corrected chi connectivity index (χ4v) is 3.14. The van der Waals surface area contributed by atoms with Crippen molar-refractivity contribution in [1.29, 1.82) is 0 Å². The summed E-state index contributed by atoms with van der Waals surface area (Å²) < 4.78 is 0. The van der Waals surface area contributed by atoms with Gasteiger partial charge in [-0.15, -0.1) is 0 Å². The molecule has 4 aromatic rings. The van der Waals surface area contributed by atoms with Crippen molar-refractivity contribution in [2.75, 3.05) is 5.32 Å². The summed E-state index contributed by atoms with van der Waals surface area (Å²) in [6, 6.07) is 19.6. The minimum absolute atomic E-state index is 0.116. The Morgan fingerprint density at radius 3 is 2.72 bits per heavy atom. The third-order valence-electron chi connectivity index (χ3n) is 4.37. The number of aromatic amines is 1. The van der Waals surface area contributed by atoms with Gasteiger partial charge in [-0.3, -0.25) is 5.10 Å². The third-order valence-corrected chi connectivity index (χ3v) is 4.37. The second kappa shape index (κ2) is 6.28. The SMILES string of the molecule is C[C@H](NC(=O)Nc1cccc2[nH]ncc12)c1cccc2ccccc12. The van der Waals surface area contributed by atoms with Gasteiger partial charge in [-0.1, -0.05) is 48.5 Å². The van der Waals surface area contributed by atoms with Crippen LogP contribution >= 0.6 is 0 Å². The lowest BCUT2D eigenvalue weighted by molar-refractivity contribution is 0.249. The Bertz CT molecular complexity index is 1050. The quantitative estimate of drug-likeness (QED) is 0.514. The zero-order chi connectivity index (χ0) is 17.2. The maximum atomic E-state index is 12.4. The van der Waals surface area contributed by atoms with Crippen molar-refractivity contribution in [2.24, 2.45) is 0 Å². The Morgan fingerprint density at radius 2 is 1.80 bits per heavy atom. The lowest BCUT2D eigenvalue weighted by Crippen LogP contribution is -2.31. The van der Waals surface area contributed by atoms with Crippen LogP contribution < -0.4 is 10.6 Å². The molecule has 0 aliphatic carbocycles. The van der Waals surface area contributed by atoms with Gasteiger partial charge in [0.2, 0.25) is 0 Å². The van der Waals surface area contributed by atoms with Gasteiger partial charge in [0.15, 0.2) is 0 Å². The molecule has 0 bridgehead atoms. The van der Waals surface area contributed by atoms with Gasteiger partial charge in [0.25, 0.3) is 0 Å². The number of H-pyrrole nitrogens is 1. The number of fused-ring (bicyclic) bond motifs is 2. The topological polar surface area (TPSA) is 69.8 Å². The molecule has 0 fully saturated rings. The highest BCUT2D eigenvalue weighted by molar-refractivity contribution is 6.00. The number of hydrogen-bond donors (Lipinski definition) is 3. The highest BCUT2D eigenvalue weighted by Gasteiger charge is 2.13. The molecule has 2 amide bonds. The molecule has 0 spiro atoms. The van der Waals surface area contributed by atoms with Crippen molar-refractivity contribution in [3.05, 3.63) is 72.4 Å². The van der Waals surface area contributed by atoms with E-state index in [9.17, 15) is 4.79 Å². The van der Waals surface area contributed by atoms with Gasteiger partial charge < -0.3 is 10.6 Å². The molecule has 0 unspecified atom stereocenters. The van der Waals surface area contributed by atoms with Crippen LogP contribution in [-0.4, -0.2) is 16.2 Å². The highest BCUT2D eigenvalue weighted by Crippen LogP contribution is 2.25. The molecular formula is C20H18N4O. The molecule has 1 atom stereocenters. The predicted molar refractivity (Wildman–Crippen MR) is 101 cm³/mol. The predicted octanol–water partition coefficient (Wildman–Crippen LogP) is 4.60. The Balaban J connectivity index is 1.55. The largest absolute Gasteiger partial charge is 0.331 e. The van der Waals surface area contributed by atoms with Crippen LogP contribution in [0.1, 0.15) is 18.5 Å². The summed E-state index contributed by atoms with van der Waals surface area (Å²) in [5.41, 5.74) is 2.71. The fourth-order valence-electron chi connectivity index (χ4n) is 3.14. The van der Waals surface area contributed by atoms with Crippen LogP contribution in [0.2, 0.25) is 0 Å². The van der Waals surface area contributed by atoms with Crippen molar-refractivity contribution in [3.8, 4) is 0 Å². The first-order chi connectivity index (χ1) is 12.2. The third kappa shape index (κ3) is 2.92. The van der Waals surface area contributed by atoms with E-state index in [0.29, 0.717) is 0 Å². The molecular weight excluding hydrogens is 312 g/mol. The maximum absolute atomic E-state index is 12.4. The van der Waals surface area contributed by atoms with E-state index in [4.69, 9.17) is 0 Å². The smallest absolute Gasteiger partial charge is 0.319 e. The van der Waals surface area contributed by atoms with Crippen LogP contribution in [0.5, 0.6) is 0 Å². The molecule has 1 aromatic heterocycles. The van der Waals surface area contributed by atoms with Crippen molar-refractivity contribution in [2.45, 2.75) is 13.0 Å². The van der Waals surface area contributed by atoms with E-state index in [1.807, 2.05) is 49.4 Å². The molecule has 3 aromatic carbocycles. The molecule has 3 N–H and O–H groups in total. The zero-order valence-corrected chi connectivity index (χ0v) is 13.8. The molecule has 5 nitrogen and oxygen atoms in total. The number of benzene rings is 3. The van der Waals surface area contributed by atoms with Gasteiger partial charge in [-0.05, 0) is 35.4 Å². The van der Waals surface area contributed by atoms with Crippen LogP contribution in [0.4, 0.5) is 10.5 Å². The first-order valence-electron chi connectivity index (χ1n) is 8.19. The molecule has 0 saturated carbocycles. The van der Waals surface area contributed by atoms with Crippen molar-refractivity contribution >= 4 is 33.4 Å². The lowest BCUT2D eigenvalue weighted by atomic mass is 10.00. The minimum atomic E-state index is -0.242. The molecule has 0 aliphatic rings. The highest BCUT2D eigenvalue weighted by atomic mass is 16.2. The van der Waals surface area contributed by atoms with Gasteiger partial charge in [0.05, 0.1) is 23.4 Å². The van der Waals surface area contributed by atoms with Crippen molar-refractivity contribution in [3.63, 3.8) is 0 Å². The summed E-state index contributed by atoms with van der Waals surface area (Å²) >= 11 is 0. The second-order valence-electron chi connectivity index (χ2n) is 6.03.